The number of amides is 2. The van der Waals surface area contributed by atoms with Crippen molar-refractivity contribution in [3.05, 3.63) is 24.0 Å². The van der Waals surface area contributed by atoms with E-state index in [2.05, 4.69) is 4.99 Å². The van der Waals surface area contributed by atoms with Gasteiger partial charge in [0.1, 0.15) is 5.76 Å². The van der Waals surface area contributed by atoms with Gasteiger partial charge in [-0.1, -0.05) is 0 Å². The van der Waals surface area contributed by atoms with Crippen LogP contribution in [0.2, 0.25) is 0 Å². The van der Waals surface area contributed by atoms with Crippen molar-refractivity contribution in [3.8, 4) is 0 Å². The monoisotopic (exact) mass is 194 g/mol. The maximum Gasteiger partial charge on any atom is 0.343 e. The fourth-order valence-electron chi connectivity index (χ4n) is 0.977. The van der Waals surface area contributed by atoms with E-state index in [1.807, 2.05) is 6.08 Å². The third-order valence-electron chi connectivity index (χ3n) is 1.81. The van der Waals surface area contributed by atoms with Crippen LogP contribution in [-0.4, -0.2) is 37.8 Å². The smallest absolute Gasteiger partial charge is 0.343 e. The molecule has 0 radical (unpaired) electrons. The summed E-state index contributed by atoms with van der Waals surface area (Å²) in [6, 6.07) is -0.237. The Morgan fingerprint density at radius 3 is 2.64 bits per heavy atom. The van der Waals surface area contributed by atoms with E-state index in [0.717, 1.165) is 11.5 Å². The second kappa shape index (κ2) is 4.60. The van der Waals surface area contributed by atoms with Crippen LogP contribution in [0.1, 0.15) is 6.42 Å². The first-order valence-corrected chi connectivity index (χ1v) is 4.34. The average molecular weight is 194 g/mol. The highest BCUT2D eigenvalue weighted by Gasteiger charge is 2.06. The standard InChI is InChI=1S/C10H14N2O2/c1-12(2)10(13)11-8-4-6-9(14-3)7-5-8/h4,6-7H,5H2,1-3H3/b11-8+. The lowest BCUT2D eigenvalue weighted by molar-refractivity contribution is 0.227. The van der Waals surface area contributed by atoms with Crippen molar-refractivity contribution in [2.45, 2.75) is 6.42 Å². The van der Waals surface area contributed by atoms with Gasteiger partial charge in [-0.25, -0.2) is 4.79 Å². The van der Waals surface area contributed by atoms with Crippen LogP contribution in [0, 0.1) is 0 Å². The number of hydrogen-bond acceptors (Lipinski definition) is 2. The van der Waals surface area contributed by atoms with Gasteiger partial charge in [-0.05, 0) is 18.2 Å². The minimum Gasteiger partial charge on any atom is -0.497 e. The fraction of sp³-hybridized carbons (Fsp3) is 0.400. The summed E-state index contributed by atoms with van der Waals surface area (Å²) in [5.74, 6) is 0.807. The van der Waals surface area contributed by atoms with Gasteiger partial charge >= 0.3 is 6.03 Å². The molecule has 0 aliphatic heterocycles. The molecule has 0 heterocycles. The van der Waals surface area contributed by atoms with Crippen molar-refractivity contribution in [2.24, 2.45) is 4.99 Å². The van der Waals surface area contributed by atoms with Crippen molar-refractivity contribution in [1.82, 2.24) is 4.90 Å². The first-order valence-electron chi connectivity index (χ1n) is 4.34. The normalized spacial score (nSPS) is 17.9. The van der Waals surface area contributed by atoms with Gasteiger partial charge in [0.15, 0.2) is 0 Å². The number of allylic oxidation sites excluding steroid dienone is 3. The highest BCUT2D eigenvalue weighted by molar-refractivity contribution is 6.03. The molecule has 0 saturated carbocycles. The van der Waals surface area contributed by atoms with E-state index in [4.69, 9.17) is 4.74 Å². The molecule has 0 aromatic carbocycles. The van der Waals surface area contributed by atoms with Gasteiger partial charge in [-0.3, -0.25) is 0 Å². The minimum absolute atomic E-state index is 0.237. The molecule has 2 amide bonds. The maximum atomic E-state index is 11.2. The van der Waals surface area contributed by atoms with E-state index in [1.165, 1.54) is 4.90 Å². The number of nitrogens with zero attached hydrogens (tertiary/aromatic N) is 2. The van der Waals surface area contributed by atoms with Crippen molar-refractivity contribution >= 4 is 11.7 Å². The SMILES string of the molecule is COC1=CC/C(=N/C(=O)N(C)C)C=C1. The van der Waals surface area contributed by atoms with Gasteiger partial charge in [0.05, 0.1) is 12.8 Å². The second-order valence-corrected chi connectivity index (χ2v) is 3.13. The summed E-state index contributed by atoms with van der Waals surface area (Å²) in [5, 5.41) is 0. The molecule has 0 fully saturated rings. The van der Waals surface area contributed by atoms with E-state index in [-0.39, 0.29) is 6.03 Å². The molecule has 14 heavy (non-hydrogen) atoms. The van der Waals surface area contributed by atoms with Gasteiger partial charge in [0.2, 0.25) is 0 Å². The van der Waals surface area contributed by atoms with E-state index < -0.39 is 0 Å². The maximum absolute atomic E-state index is 11.2. The zero-order valence-electron chi connectivity index (χ0n) is 8.65. The Labute approximate surface area is 83.6 Å². The molecule has 1 aliphatic carbocycles. The van der Waals surface area contributed by atoms with Gasteiger partial charge in [0.25, 0.3) is 0 Å². The Bertz CT molecular complexity index is 314. The summed E-state index contributed by atoms with van der Waals surface area (Å²) < 4.78 is 5.02. The fourth-order valence-corrected chi connectivity index (χ4v) is 0.977. The van der Waals surface area contributed by atoms with E-state index in [0.29, 0.717) is 6.42 Å². The van der Waals surface area contributed by atoms with Crippen LogP contribution in [0.5, 0.6) is 0 Å². The zero-order chi connectivity index (χ0) is 10.6. The number of aliphatic imine (C=N–C) groups is 1. The highest BCUT2D eigenvalue weighted by atomic mass is 16.5. The number of ether oxygens (including phenoxy) is 1. The molecule has 4 heteroatoms. The molecule has 76 valence electrons. The molecule has 0 N–H and O–H groups in total. The molecule has 0 atom stereocenters. The lowest BCUT2D eigenvalue weighted by atomic mass is 10.1. The first kappa shape index (κ1) is 10.5. The Kier molecular flexibility index (Phi) is 3.45. The van der Waals surface area contributed by atoms with Crippen molar-refractivity contribution in [2.75, 3.05) is 21.2 Å². The second-order valence-electron chi connectivity index (χ2n) is 3.13. The third kappa shape index (κ3) is 2.73. The van der Waals surface area contributed by atoms with Crippen LogP contribution < -0.4 is 0 Å². The number of hydrogen-bond donors (Lipinski definition) is 0. The molecule has 0 spiro atoms. The number of carbonyl (C=O) groups is 1. The van der Waals surface area contributed by atoms with Crippen LogP contribution in [-0.2, 0) is 4.74 Å². The molecular formula is C10H14N2O2. The number of methoxy groups -OCH3 is 1. The van der Waals surface area contributed by atoms with Gasteiger partial charge in [-0.2, -0.15) is 4.99 Å². The third-order valence-corrected chi connectivity index (χ3v) is 1.81. The summed E-state index contributed by atoms with van der Waals surface area (Å²) in [6.45, 7) is 0. The molecule has 0 bridgehead atoms. The quantitative estimate of drug-likeness (QED) is 0.636. The molecule has 0 unspecified atom stereocenters. The lowest BCUT2D eigenvalue weighted by Crippen LogP contribution is -2.19. The first-order chi connectivity index (χ1) is 6.63. The van der Waals surface area contributed by atoms with Gasteiger partial charge in [-0.15, -0.1) is 0 Å². The zero-order valence-corrected chi connectivity index (χ0v) is 8.65. The topological polar surface area (TPSA) is 41.9 Å². The predicted octanol–water partition coefficient (Wildman–Crippen LogP) is 1.60. The molecule has 1 rings (SSSR count). The molecule has 4 nitrogen and oxygen atoms in total. The Morgan fingerprint density at radius 2 is 2.21 bits per heavy atom. The molecule has 0 aromatic rings. The van der Waals surface area contributed by atoms with Gasteiger partial charge < -0.3 is 9.64 Å². The lowest BCUT2D eigenvalue weighted by Gasteiger charge is -2.09. The van der Waals surface area contributed by atoms with E-state index in [1.54, 1.807) is 33.4 Å². The molecular weight excluding hydrogens is 180 g/mol. The molecule has 0 saturated heterocycles. The van der Waals surface area contributed by atoms with Crippen LogP contribution in [0.25, 0.3) is 0 Å². The van der Waals surface area contributed by atoms with Gasteiger partial charge in [0, 0.05) is 20.5 Å². The summed E-state index contributed by atoms with van der Waals surface area (Å²) in [6.07, 6.45) is 6.12. The molecule has 0 aromatic heterocycles. The summed E-state index contributed by atoms with van der Waals surface area (Å²) in [4.78, 5) is 16.6. The molecule has 1 aliphatic rings. The Hall–Kier alpha value is -1.58. The summed E-state index contributed by atoms with van der Waals surface area (Å²) in [5.41, 5.74) is 0.754. The number of urea groups is 1. The van der Waals surface area contributed by atoms with Crippen LogP contribution in [0.3, 0.4) is 0 Å². The number of carbonyl (C=O) groups excluding carboxylic acids is 1. The van der Waals surface area contributed by atoms with Crippen LogP contribution in [0.15, 0.2) is 29.0 Å². The minimum atomic E-state index is -0.237. The van der Waals surface area contributed by atoms with Crippen molar-refractivity contribution in [1.29, 1.82) is 0 Å². The average Bonchev–Trinajstić information content (AvgIpc) is 2.19. The largest absolute Gasteiger partial charge is 0.497 e. The Balaban J connectivity index is 2.64. The van der Waals surface area contributed by atoms with E-state index in [9.17, 15) is 4.79 Å². The van der Waals surface area contributed by atoms with Crippen LogP contribution >= 0.6 is 0 Å². The number of rotatable bonds is 1. The highest BCUT2D eigenvalue weighted by Crippen LogP contribution is 2.08. The summed E-state index contributed by atoms with van der Waals surface area (Å²) >= 11 is 0. The predicted molar refractivity (Wildman–Crippen MR) is 55.4 cm³/mol. The van der Waals surface area contributed by atoms with Crippen molar-refractivity contribution < 1.29 is 9.53 Å². The van der Waals surface area contributed by atoms with Crippen molar-refractivity contribution in [3.63, 3.8) is 0 Å². The van der Waals surface area contributed by atoms with E-state index >= 15 is 0 Å². The summed E-state index contributed by atoms with van der Waals surface area (Å²) in [7, 11) is 4.97. The Morgan fingerprint density at radius 1 is 1.50 bits per heavy atom. The van der Waals surface area contributed by atoms with Crippen LogP contribution in [0.4, 0.5) is 4.79 Å².